The normalized spacial score (nSPS) is 29.4. The Balaban J connectivity index is 1.69. The van der Waals surface area contributed by atoms with Gasteiger partial charge in [-0.2, -0.15) is 0 Å². The number of ether oxygens (including phenoxy) is 1. The lowest BCUT2D eigenvalue weighted by Gasteiger charge is -2.38. The molecule has 5 nitrogen and oxygen atoms in total. The van der Waals surface area contributed by atoms with E-state index in [4.69, 9.17) is 4.74 Å². The first kappa shape index (κ1) is 16.6. The van der Waals surface area contributed by atoms with Crippen molar-refractivity contribution in [2.24, 2.45) is 4.99 Å². The number of rotatable bonds is 5. The van der Waals surface area contributed by atoms with Gasteiger partial charge < -0.3 is 15.4 Å². The number of nitrogens with zero attached hydrogens (tertiary/aromatic N) is 2. The summed E-state index contributed by atoms with van der Waals surface area (Å²) >= 11 is 0. The van der Waals surface area contributed by atoms with Gasteiger partial charge >= 0.3 is 0 Å². The average Bonchev–Trinajstić information content (AvgIpc) is 3.01. The molecule has 2 saturated heterocycles. The van der Waals surface area contributed by atoms with Crippen molar-refractivity contribution in [2.45, 2.75) is 64.1 Å². The first-order valence-electron chi connectivity index (χ1n) is 8.52. The fourth-order valence-electron chi connectivity index (χ4n) is 3.37. The molecule has 2 aliphatic heterocycles. The second-order valence-corrected chi connectivity index (χ2v) is 6.40. The van der Waals surface area contributed by atoms with Crippen molar-refractivity contribution in [3.63, 3.8) is 0 Å². The highest BCUT2D eigenvalue weighted by molar-refractivity contribution is 5.79. The Hall–Kier alpha value is -0.810. The maximum atomic E-state index is 5.63. The molecule has 0 aromatic rings. The number of guanidine groups is 1. The van der Waals surface area contributed by atoms with Gasteiger partial charge in [-0.3, -0.25) is 9.89 Å². The van der Waals surface area contributed by atoms with Crippen LogP contribution in [-0.2, 0) is 4.74 Å². The molecule has 0 aromatic heterocycles. The van der Waals surface area contributed by atoms with Gasteiger partial charge in [0.15, 0.2) is 5.96 Å². The highest BCUT2D eigenvalue weighted by atomic mass is 16.5. The highest BCUT2D eigenvalue weighted by Gasteiger charge is 2.23. The molecule has 2 aliphatic rings. The predicted octanol–water partition coefficient (Wildman–Crippen LogP) is 1.59. The maximum Gasteiger partial charge on any atom is 0.191 e. The second kappa shape index (κ2) is 8.59. The quantitative estimate of drug-likeness (QED) is 0.597. The number of hydrogen-bond donors (Lipinski definition) is 2. The minimum Gasteiger partial charge on any atom is -0.376 e. The predicted molar refractivity (Wildman–Crippen MR) is 87.8 cm³/mol. The summed E-state index contributed by atoms with van der Waals surface area (Å²) in [6.07, 6.45) is 6.73. The molecule has 21 heavy (non-hydrogen) atoms. The van der Waals surface area contributed by atoms with Gasteiger partial charge in [-0.15, -0.1) is 0 Å². The van der Waals surface area contributed by atoms with Gasteiger partial charge in [-0.25, -0.2) is 0 Å². The lowest BCUT2D eigenvalue weighted by Crippen LogP contribution is -2.50. The van der Waals surface area contributed by atoms with Gasteiger partial charge in [-0.05, 0) is 46.1 Å². The fraction of sp³-hybridized carbons (Fsp3) is 0.938. The van der Waals surface area contributed by atoms with E-state index in [0.29, 0.717) is 18.2 Å². The van der Waals surface area contributed by atoms with Crippen molar-refractivity contribution < 1.29 is 4.74 Å². The van der Waals surface area contributed by atoms with Crippen LogP contribution in [0.25, 0.3) is 0 Å². The Morgan fingerprint density at radius 1 is 1.29 bits per heavy atom. The first-order chi connectivity index (χ1) is 10.2. The van der Waals surface area contributed by atoms with E-state index in [9.17, 15) is 0 Å². The zero-order valence-corrected chi connectivity index (χ0v) is 13.9. The van der Waals surface area contributed by atoms with E-state index in [1.807, 2.05) is 7.05 Å². The molecule has 2 rings (SSSR count). The van der Waals surface area contributed by atoms with Crippen LogP contribution in [0.2, 0.25) is 0 Å². The number of hydrogen-bond acceptors (Lipinski definition) is 3. The Kier molecular flexibility index (Phi) is 6.77. The van der Waals surface area contributed by atoms with E-state index >= 15 is 0 Å². The molecule has 5 heteroatoms. The van der Waals surface area contributed by atoms with Crippen molar-refractivity contribution in [1.29, 1.82) is 0 Å². The molecule has 0 radical (unpaired) electrons. The summed E-state index contributed by atoms with van der Waals surface area (Å²) in [4.78, 5) is 6.92. The van der Waals surface area contributed by atoms with E-state index in [2.05, 4.69) is 34.4 Å². The van der Waals surface area contributed by atoms with Crippen LogP contribution in [0.15, 0.2) is 4.99 Å². The van der Waals surface area contributed by atoms with Crippen LogP contribution >= 0.6 is 0 Å². The smallest absolute Gasteiger partial charge is 0.191 e. The minimum atomic E-state index is 0.350. The molecule has 2 N–H and O–H groups in total. The maximum absolute atomic E-state index is 5.63. The number of nitrogens with one attached hydrogen (secondary N) is 2. The van der Waals surface area contributed by atoms with Crippen molar-refractivity contribution >= 4 is 5.96 Å². The van der Waals surface area contributed by atoms with Gasteiger partial charge in [-0.1, -0.05) is 6.42 Å². The van der Waals surface area contributed by atoms with E-state index in [-0.39, 0.29) is 0 Å². The third-order valence-corrected chi connectivity index (χ3v) is 4.73. The third kappa shape index (κ3) is 5.15. The van der Waals surface area contributed by atoms with Crippen LogP contribution in [0.4, 0.5) is 0 Å². The van der Waals surface area contributed by atoms with Crippen molar-refractivity contribution in [3.05, 3.63) is 0 Å². The second-order valence-electron chi connectivity index (χ2n) is 6.40. The van der Waals surface area contributed by atoms with E-state index in [1.54, 1.807) is 0 Å². The van der Waals surface area contributed by atoms with Crippen LogP contribution < -0.4 is 10.6 Å². The highest BCUT2D eigenvalue weighted by Crippen LogP contribution is 2.18. The molecule has 3 unspecified atom stereocenters. The van der Waals surface area contributed by atoms with Crippen LogP contribution in [0.3, 0.4) is 0 Å². The van der Waals surface area contributed by atoms with E-state index < -0.39 is 0 Å². The summed E-state index contributed by atoms with van der Waals surface area (Å²) in [6.45, 7) is 8.58. The molecule has 0 bridgehead atoms. The number of aliphatic imine (C=N–C) groups is 1. The Morgan fingerprint density at radius 2 is 2.14 bits per heavy atom. The average molecular weight is 296 g/mol. The number of likely N-dealkylation sites (tertiary alicyclic amines) is 1. The van der Waals surface area contributed by atoms with Gasteiger partial charge in [0.25, 0.3) is 0 Å². The number of piperidine rings is 1. The van der Waals surface area contributed by atoms with Gasteiger partial charge in [0.1, 0.15) is 0 Å². The van der Waals surface area contributed by atoms with Crippen molar-refractivity contribution in [1.82, 2.24) is 15.5 Å². The summed E-state index contributed by atoms with van der Waals surface area (Å²) in [7, 11) is 1.83. The summed E-state index contributed by atoms with van der Waals surface area (Å²) < 4.78 is 5.63. The summed E-state index contributed by atoms with van der Waals surface area (Å²) in [5.41, 5.74) is 0. The SMILES string of the molecule is CN=C(NCC1CCCO1)NCC(C)N1CCCCC1C. The summed E-state index contributed by atoms with van der Waals surface area (Å²) in [6, 6.07) is 1.25. The molecule has 2 fully saturated rings. The van der Waals surface area contributed by atoms with Gasteiger partial charge in [0.05, 0.1) is 6.10 Å². The molecule has 0 aromatic carbocycles. The Morgan fingerprint density at radius 3 is 2.81 bits per heavy atom. The van der Waals surface area contributed by atoms with Crippen LogP contribution in [0.5, 0.6) is 0 Å². The molecule has 0 spiro atoms. The fourth-order valence-corrected chi connectivity index (χ4v) is 3.37. The first-order valence-corrected chi connectivity index (χ1v) is 8.52. The molecule has 0 amide bonds. The van der Waals surface area contributed by atoms with E-state index in [1.165, 1.54) is 32.2 Å². The largest absolute Gasteiger partial charge is 0.376 e. The summed E-state index contributed by atoms with van der Waals surface area (Å²) in [5.74, 6) is 0.891. The molecular weight excluding hydrogens is 264 g/mol. The summed E-state index contributed by atoms with van der Waals surface area (Å²) in [5, 5.41) is 6.83. The molecule has 3 atom stereocenters. The van der Waals surface area contributed by atoms with Crippen LogP contribution in [-0.4, -0.2) is 62.3 Å². The molecule has 0 aliphatic carbocycles. The van der Waals surface area contributed by atoms with Crippen molar-refractivity contribution in [3.8, 4) is 0 Å². The van der Waals surface area contributed by atoms with Gasteiger partial charge in [0.2, 0.25) is 0 Å². The lowest BCUT2D eigenvalue weighted by atomic mass is 10.0. The molecule has 0 saturated carbocycles. The van der Waals surface area contributed by atoms with Crippen LogP contribution in [0.1, 0.15) is 46.0 Å². The Bertz CT molecular complexity index is 328. The van der Waals surface area contributed by atoms with E-state index in [0.717, 1.165) is 32.1 Å². The zero-order valence-electron chi connectivity index (χ0n) is 13.9. The standard InChI is InChI=1S/C16H32N4O/c1-13-7-4-5-9-20(13)14(2)11-18-16(17-3)19-12-15-8-6-10-21-15/h13-15H,4-12H2,1-3H3,(H2,17,18,19). The zero-order chi connectivity index (χ0) is 15.1. The topological polar surface area (TPSA) is 48.9 Å². The Labute approximate surface area is 129 Å². The minimum absolute atomic E-state index is 0.350. The van der Waals surface area contributed by atoms with Gasteiger partial charge in [0, 0.05) is 38.8 Å². The van der Waals surface area contributed by atoms with Crippen molar-refractivity contribution in [2.75, 3.05) is 33.3 Å². The molecule has 2 heterocycles. The molecular formula is C16H32N4O. The van der Waals surface area contributed by atoms with Crippen LogP contribution in [0, 0.1) is 0 Å². The lowest BCUT2D eigenvalue weighted by molar-refractivity contribution is 0.112. The third-order valence-electron chi connectivity index (χ3n) is 4.73. The molecule has 122 valence electrons. The monoisotopic (exact) mass is 296 g/mol.